The van der Waals surface area contributed by atoms with Gasteiger partial charge in [0.25, 0.3) is 0 Å². The molecule has 0 bridgehead atoms. The molecule has 0 atom stereocenters. The van der Waals surface area contributed by atoms with E-state index >= 15 is 0 Å². The lowest BCUT2D eigenvalue weighted by Gasteiger charge is -1.93. The molecule has 0 aliphatic carbocycles. The van der Waals surface area contributed by atoms with Gasteiger partial charge < -0.3 is 5.73 Å². The summed E-state index contributed by atoms with van der Waals surface area (Å²) in [5.41, 5.74) is 6.54. The molecule has 1 rings (SSSR count). The number of carbonyl (C=O) groups is 1. The Bertz CT molecular complexity index is 340. The molecule has 0 heterocycles. The zero-order valence-corrected chi connectivity index (χ0v) is 6.79. The fraction of sp³-hybridized carbons (Fsp3) is 0.100. The fourth-order valence-corrected chi connectivity index (χ4v) is 0.872. The Morgan fingerprint density at radius 3 is 2.33 bits per heavy atom. The third-order valence-corrected chi connectivity index (χ3v) is 1.51. The number of benzene rings is 1. The number of ketones is 1. The van der Waals surface area contributed by atoms with Crippen molar-refractivity contribution < 1.29 is 4.79 Å². The highest BCUT2D eigenvalue weighted by molar-refractivity contribution is 5.94. The van der Waals surface area contributed by atoms with Gasteiger partial charge >= 0.3 is 0 Å². The van der Waals surface area contributed by atoms with E-state index in [1.807, 2.05) is 0 Å². The van der Waals surface area contributed by atoms with Crippen LogP contribution in [0.3, 0.4) is 0 Å². The van der Waals surface area contributed by atoms with E-state index < -0.39 is 0 Å². The largest absolute Gasteiger partial charge is 0.359 e. The maximum Gasteiger partial charge on any atom is 0.159 e. The standard InChI is InChI=1S/C10H9NO/c1-8(12)10-4-2-9(3-5-10)6-7-11/h2-5H,11H2,1H3. The molecule has 0 aromatic heterocycles. The van der Waals surface area contributed by atoms with Crippen LogP contribution in [0.25, 0.3) is 0 Å². The van der Waals surface area contributed by atoms with Crippen molar-refractivity contribution in [3.05, 3.63) is 35.4 Å². The number of carbonyl (C=O) groups excluding carboxylic acids is 1. The minimum absolute atomic E-state index is 0.0576. The van der Waals surface area contributed by atoms with Crippen molar-refractivity contribution in [2.75, 3.05) is 0 Å². The summed E-state index contributed by atoms with van der Waals surface area (Å²) in [6, 6.07) is 9.32. The van der Waals surface area contributed by atoms with Crippen LogP contribution in [0.15, 0.2) is 24.3 Å². The van der Waals surface area contributed by atoms with Gasteiger partial charge in [-0.15, -0.1) is 0 Å². The number of hydrogen-bond donors (Lipinski definition) is 1. The molecule has 0 amide bonds. The molecule has 12 heavy (non-hydrogen) atoms. The van der Waals surface area contributed by atoms with Crippen molar-refractivity contribution in [2.45, 2.75) is 6.92 Å². The van der Waals surface area contributed by atoms with Crippen molar-refractivity contribution in [2.24, 2.45) is 5.73 Å². The van der Waals surface area contributed by atoms with Gasteiger partial charge in [0.15, 0.2) is 5.78 Å². The van der Waals surface area contributed by atoms with Crippen LogP contribution in [0.4, 0.5) is 0 Å². The quantitative estimate of drug-likeness (QED) is 0.379. The second-order valence-corrected chi connectivity index (χ2v) is 2.40. The minimum atomic E-state index is 0.0576. The Morgan fingerprint density at radius 2 is 1.92 bits per heavy atom. The normalized spacial score (nSPS) is 8.42. The molecule has 2 heteroatoms. The van der Waals surface area contributed by atoms with E-state index in [-0.39, 0.29) is 5.78 Å². The van der Waals surface area contributed by atoms with E-state index in [1.165, 1.54) is 6.92 Å². The predicted octanol–water partition coefficient (Wildman–Crippen LogP) is 1.16. The highest BCUT2D eigenvalue weighted by Crippen LogP contribution is 2.03. The first-order valence-corrected chi connectivity index (χ1v) is 3.56. The third kappa shape index (κ3) is 1.86. The predicted molar refractivity (Wildman–Crippen MR) is 47.5 cm³/mol. The summed E-state index contributed by atoms with van der Waals surface area (Å²) < 4.78 is 0. The Balaban J connectivity index is 2.98. The van der Waals surface area contributed by atoms with Gasteiger partial charge in [0.1, 0.15) is 0 Å². The fourth-order valence-electron chi connectivity index (χ4n) is 0.872. The Labute approximate surface area is 71.4 Å². The molecule has 2 nitrogen and oxygen atoms in total. The smallest absolute Gasteiger partial charge is 0.159 e. The molecule has 1 aromatic carbocycles. The van der Waals surface area contributed by atoms with E-state index in [2.05, 4.69) is 12.0 Å². The SMILES string of the molecule is CC(=O)c1ccc(C#CN)cc1. The molecule has 0 aliphatic heterocycles. The summed E-state index contributed by atoms with van der Waals surface area (Å²) >= 11 is 0. The zero-order chi connectivity index (χ0) is 8.97. The Hall–Kier alpha value is -1.75. The number of rotatable bonds is 1. The summed E-state index contributed by atoms with van der Waals surface area (Å²) in [6.45, 7) is 1.53. The van der Waals surface area contributed by atoms with Gasteiger partial charge in [0.05, 0.1) is 0 Å². The van der Waals surface area contributed by atoms with E-state index in [1.54, 1.807) is 24.3 Å². The molecule has 0 radical (unpaired) electrons. The van der Waals surface area contributed by atoms with E-state index in [4.69, 9.17) is 5.73 Å². The van der Waals surface area contributed by atoms with Gasteiger partial charge in [0.2, 0.25) is 0 Å². The lowest BCUT2D eigenvalue weighted by molar-refractivity contribution is 0.101. The molecule has 0 saturated carbocycles. The van der Waals surface area contributed by atoms with E-state index in [0.717, 1.165) is 5.56 Å². The second kappa shape index (κ2) is 3.59. The first-order chi connectivity index (χ1) is 5.74. The third-order valence-electron chi connectivity index (χ3n) is 1.51. The van der Waals surface area contributed by atoms with Crippen molar-refractivity contribution >= 4 is 5.78 Å². The molecule has 2 N–H and O–H groups in total. The van der Waals surface area contributed by atoms with Crippen LogP contribution in [0.2, 0.25) is 0 Å². The molecular formula is C10H9NO. The molecule has 0 unspecified atom stereocenters. The van der Waals surface area contributed by atoms with Crippen LogP contribution in [0.5, 0.6) is 0 Å². The minimum Gasteiger partial charge on any atom is -0.359 e. The van der Waals surface area contributed by atoms with Gasteiger partial charge in [-0.1, -0.05) is 12.1 Å². The van der Waals surface area contributed by atoms with Gasteiger partial charge in [-0.05, 0) is 25.0 Å². The van der Waals surface area contributed by atoms with Crippen molar-refractivity contribution in [3.63, 3.8) is 0 Å². The van der Waals surface area contributed by atoms with Crippen LogP contribution < -0.4 is 5.73 Å². The maximum absolute atomic E-state index is 10.9. The van der Waals surface area contributed by atoms with Crippen molar-refractivity contribution in [1.82, 2.24) is 0 Å². The summed E-state index contributed by atoms with van der Waals surface area (Å²) in [5.74, 6) is 2.75. The van der Waals surface area contributed by atoms with Gasteiger partial charge in [-0.2, -0.15) is 0 Å². The first-order valence-electron chi connectivity index (χ1n) is 3.56. The molecule has 0 spiro atoms. The number of nitrogens with two attached hydrogens (primary N) is 1. The van der Waals surface area contributed by atoms with E-state index in [9.17, 15) is 4.79 Å². The topological polar surface area (TPSA) is 43.1 Å². The van der Waals surface area contributed by atoms with Gasteiger partial charge in [-0.25, -0.2) is 0 Å². The molecule has 0 fully saturated rings. The molecule has 0 aliphatic rings. The number of Topliss-reactive ketones (excluding diaryl/α,β-unsaturated/α-hetero) is 1. The van der Waals surface area contributed by atoms with Crippen LogP contribution in [-0.4, -0.2) is 5.78 Å². The highest BCUT2D eigenvalue weighted by atomic mass is 16.1. The molecule has 1 aromatic rings. The molecular weight excluding hydrogens is 150 g/mol. The number of hydrogen-bond acceptors (Lipinski definition) is 2. The molecule has 0 saturated heterocycles. The van der Waals surface area contributed by atoms with Crippen LogP contribution in [-0.2, 0) is 0 Å². The Kier molecular flexibility index (Phi) is 2.49. The van der Waals surface area contributed by atoms with Crippen molar-refractivity contribution in [3.8, 4) is 12.0 Å². The van der Waals surface area contributed by atoms with Crippen molar-refractivity contribution in [1.29, 1.82) is 0 Å². The summed E-state index contributed by atoms with van der Waals surface area (Å²) in [7, 11) is 0. The average molecular weight is 159 g/mol. The van der Waals surface area contributed by atoms with Gasteiger partial charge in [-0.3, -0.25) is 4.79 Å². The second-order valence-electron chi connectivity index (χ2n) is 2.40. The summed E-state index contributed by atoms with van der Waals surface area (Å²) in [6.07, 6.45) is 0. The van der Waals surface area contributed by atoms with E-state index in [0.29, 0.717) is 5.56 Å². The average Bonchev–Trinajstić information content (AvgIpc) is 2.06. The van der Waals surface area contributed by atoms with Crippen LogP contribution in [0, 0.1) is 12.0 Å². The zero-order valence-electron chi connectivity index (χ0n) is 6.79. The molecule has 60 valence electrons. The maximum atomic E-state index is 10.9. The first kappa shape index (κ1) is 8.35. The Morgan fingerprint density at radius 1 is 1.33 bits per heavy atom. The monoisotopic (exact) mass is 159 g/mol. The van der Waals surface area contributed by atoms with Gasteiger partial charge in [0, 0.05) is 17.2 Å². The van der Waals surface area contributed by atoms with Crippen LogP contribution >= 0.6 is 0 Å². The lowest BCUT2D eigenvalue weighted by atomic mass is 10.1. The lowest BCUT2D eigenvalue weighted by Crippen LogP contribution is -1.90. The summed E-state index contributed by atoms with van der Waals surface area (Å²) in [4.78, 5) is 10.9. The van der Waals surface area contributed by atoms with Crippen LogP contribution in [0.1, 0.15) is 22.8 Å². The summed E-state index contributed by atoms with van der Waals surface area (Å²) in [5, 5.41) is 0. The highest BCUT2D eigenvalue weighted by Gasteiger charge is 1.96.